The molecule has 18 heavy (non-hydrogen) atoms. The van der Waals surface area contributed by atoms with Gasteiger partial charge in [0.2, 0.25) is 0 Å². The first-order chi connectivity index (χ1) is 8.25. The van der Waals surface area contributed by atoms with Gasteiger partial charge in [-0.1, -0.05) is 12.8 Å². The summed E-state index contributed by atoms with van der Waals surface area (Å²) in [6.45, 7) is 5.38. The first-order valence-corrected chi connectivity index (χ1v) is 6.50. The zero-order valence-corrected chi connectivity index (χ0v) is 11.2. The summed E-state index contributed by atoms with van der Waals surface area (Å²) >= 11 is 0. The Morgan fingerprint density at radius 3 is 2.28 bits per heavy atom. The third-order valence-electron chi connectivity index (χ3n) is 3.81. The van der Waals surface area contributed by atoms with Gasteiger partial charge in [-0.25, -0.2) is 9.59 Å². The van der Waals surface area contributed by atoms with Crippen molar-refractivity contribution in [3.05, 3.63) is 0 Å². The van der Waals surface area contributed by atoms with E-state index in [9.17, 15) is 9.59 Å². The normalized spacial score (nSPS) is 25.9. The third kappa shape index (κ3) is 2.18. The average molecular weight is 255 g/mol. The maximum atomic E-state index is 12.2. The SMILES string of the molecule is CC(C)(C)OC(=O)N1C(C(=O)O)CC12CCCC2. The zero-order chi connectivity index (χ0) is 13.6. The number of likely N-dealkylation sites (tertiary alicyclic amines) is 1. The second-order valence-corrected chi connectivity index (χ2v) is 6.34. The number of rotatable bonds is 1. The first-order valence-electron chi connectivity index (χ1n) is 6.50. The first kappa shape index (κ1) is 13.2. The van der Waals surface area contributed by atoms with Crippen molar-refractivity contribution in [2.24, 2.45) is 0 Å². The molecule has 1 aliphatic heterocycles. The lowest BCUT2D eigenvalue weighted by molar-refractivity contribution is -0.159. The molecule has 2 aliphatic rings. The number of amides is 1. The average Bonchev–Trinajstić information content (AvgIpc) is 2.60. The van der Waals surface area contributed by atoms with Gasteiger partial charge in [0.1, 0.15) is 11.6 Å². The lowest BCUT2D eigenvalue weighted by Gasteiger charge is -2.54. The van der Waals surface area contributed by atoms with E-state index in [1.165, 1.54) is 4.90 Å². The van der Waals surface area contributed by atoms with E-state index in [1.807, 2.05) is 0 Å². The topological polar surface area (TPSA) is 66.8 Å². The molecule has 1 atom stereocenters. The van der Waals surface area contributed by atoms with Crippen LogP contribution in [0.25, 0.3) is 0 Å². The van der Waals surface area contributed by atoms with Crippen LogP contribution in [-0.2, 0) is 9.53 Å². The molecule has 1 spiro atoms. The Morgan fingerprint density at radius 1 is 1.28 bits per heavy atom. The minimum atomic E-state index is -0.932. The molecule has 0 aromatic carbocycles. The fraction of sp³-hybridized carbons (Fsp3) is 0.846. The van der Waals surface area contributed by atoms with Gasteiger partial charge in [0.25, 0.3) is 0 Å². The Morgan fingerprint density at radius 2 is 1.83 bits per heavy atom. The third-order valence-corrected chi connectivity index (χ3v) is 3.81. The van der Waals surface area contributed by atoms with Crippen molar-refractivity contribution in [3.8, 4) is 0 Å². The van der Waals surface area contributed by atoms with Gasteiger partial charge in [-0.3, -0.25) is 4.90 Å². The van der Waals surface area contributed by atoms with Crippen LogP contribution >= 0.6 is 0 Å². The monoisotopic (exact) mass is 255 g/mol. The number of carbonyl (C=O) groups is 2. The summed E-state index contributed by atoms with van der Waals surface area (Å²) in [4.78, 5) is 24.8. The summed E-state index contributed by atoms with van der Waals surface area (Å²) in [7, 11) is 0. The number of carbonyl (C=O) groups excluding carboxylic acids is 1. The number of hydrogen-bond donors (Lipinski definition) is 1. The van der Waals surface area contributed by atoms with Crippen molar-refractivity contribution >= 4 is 12.1 Å². The lowest BCUT2D eigenvalue weighted by atomic mass is 9.77. The fourth-order valence-electron chi connectivity index (χ4n) is 3.08. The second-order valence-electron chi connectivity index (χ2n) is 6.34. The molecule has 1 amide bonds. The van der Waals surface area contributed by atoms with Crippen LogP contribution in [0.2, 0.25) is 0 Å². The molecule has 1 heterocycles. The highest BCUT2D eigenvalue weighted by atomic mass is 16.6. The Labute approximate surface area is 107 Å². The van der Waals surface area contributed by atoms with Crippen molar-refractivity contribution in [1.82, 2.24) is 4.90 Å². The Bertz CT molecular complexity index is 366. The number of hydrogen-bond acceptors (Lipinski definition) is 3. The van der Waals surface area contributed by atoms with E-state index < -0.39 is 23.7 Å². The van der Waals surface area contributed by atoms with Crippen LogP contribution < -0.4 is 0 Å². The van der Waals surface area contributed by atoms with E-state index >= 15 is 0 Å². The molecule has 1 saturated carbocycles. The maximum Gasteiger partial charge on any atom is 0.411 e. The molecule has 0 radical (unpaired) electrons. The standard InChI is InChI=1S/C13H21NO4/c1-12(2,3)18-11(17)14-9(10(15)16)8-13(14)6-4-5-7-13/h9H,4-8H2,1-3H3,(H,15,16). The minimum Gasteiger partial charge on any atom is -0.480 e. The molecule has 1 saturated heterocycles. The summed E-state index contributed by atoms with van der Waals surface area (Å²) < 4.78 is 5.33. The van der Waals surface area contributed by atoms with Gasteiger partial charge in [0.05, 0.1) is 0 Å². The molecule has 1 aliphatic carbocycles. The molecule has 5 heteroatoms. The molecule has 1 N–H and O–H groups in total. The lowest BCUT2D eigenvalue weighted by Crippen LogP contribution is -2.69. The predicted octanol–water partition coefficient (Wildman–Crippen LogP) is 2.39. The molecular weight excluding hydrogens is 234 g/mol. The van der Waals surface area contributed by atoms with E-state index in [4.69, 9.17) is 9.84 Å². The van der Waals surface area contributed by atoms with Crippen LogP contribution in [0.1, 0.15) is 52.9 Å². The van der Waals surface area contributed by atoms with E-state index in [0.29, 0.717) is 6.42 Å². The van der Waals surface area contributed by atoms with Crippen LogP contribution in [0, 0.1) is 0 Å². The molecule has 5 nitrogen and oxygen atoms in total. The molecule has 2 rings (SSSR count). The number of carboxylic acid groups (broad SMARTS) is 1. The molecule has 0 bridgehead atoms. The summed E-state index contributed by atoms with van der Waals surface area (Å²) in [6, 6.07) is -0.710. The van der Waals surface area contributed by atoms with Crippen molar-refractivity contribution in [2.75, 3.05) is 0 Å². The minimum absolute atomic E-state index is 0.245. The van der Waals surface area contributed by atoms with Crippen LogP contribution in [0.3, 0.4) is 0 Å². The second kappa shape index (κ2) is 4.14. The molecular formula is C13H21NO4. The Balaban J connectivity index is 2.14. The fourth-order valence-corrected chi connectivity index (χ4v) is 3.08. The number of nitrogens with zero attached hydrogens (tertiary/aromatic N) is 1. The molecule has 0 aromatic heterocycles. The van der Waals surface area contributed by atoms with Crippen molar-refractivity contribution < 1.29 is 19.4 Å². The Hall–Kier alpha value is -1.26. The molecule has 102 valence electrons. The Kier molecular flexibility index (Phi) is 3.03. The van der Waals surface area contributed by atoms with E-state index in [1.54, 1.807) is 20.8 Å². The quantitative estimate of drug-likeness (QED) is 0.781. The summed E-state index contributed by atoms with van der Waals surface area (Å²) in [5.74, 6) is -0.932. The van der Waals surface area contributed by atoms with Gasteiger partial charge < -0.3 is 9.84 Å². The van der Waals surface area contributed by atoms with Crippen molar-refractivity contribution in [1.29, 1.82) is 0 Å². The zero-order valence-electron chi connectivity index (χ0n) is 11.2. The highest BCUT2D eigenvalue weighted by Gasteiger charge is 2.59. The van der Waals surface area contributed by atoms with E-state index in [2.05, 4.69) is 0 Å². The van der Waals surface area contributed by atoms with Crippen molar-refractivity contribution in [2.45, 2.75) is 70.1 Å². The highest BCUT2D eigenvalue weighted by Crippen LogP contribution is 2.48. The van der Waals surface area contributed by atoms with Crippen LogP contribution in [-0.4, -0.2) is 39.3 Å². The van der Waals surface area contributed by atoms with Gasteiger partial charge in [0, 0.05) is 12.0 Å². The molecule has 1 unspecified atom stereocenters. The predicted molar refractivity (Wildman–Crippen MR) is 65.3 cm³/mol. The number of aliphatic carboxylic acids is 1. The largest absolute Gasteiger partial charge is 0.480 e. The smallest absolute Gasteiger partial charge is 0.411 e. The van der Waals surface area contributed by atoms with Crippen LogP contribution in [0.4, 0.5) is 4.79 Å². The molecule has 0 aromatic rings. The maximum absolute atomic E-state index is 12.2. The van der Waals surface area contributed by atoms with E-state index in [-0.39, 0.29) is 5.54 Å². The van der Waals surface area contributed by atoms with Crippen LogP contribution in [0.15, 0.2) is 0 Å². The molecule has 2 fully saturated rings. The summed E-state index contributed by atoms with van der Waals surface area (Å²) in [6.07, 6.45) is 4.01. The highest BCUT2D eigenvalue weighted by molar-refractivity contribution is 5.83. The van der Waals surface area contributed by atoms with E-state index in [0.717, 1.165) is 25.7 Å². The van der Waals surface area contributed by atoms with Gasteiger partial charge in [-0.2, -0.15) is 0 Å². The summed E-state index contributed by atoms with van der Waals surface area (Å²) in [5, 5.41) is 9.15. The number of ether oxygens (including phenoxy) is 1. The summed E-state index contributed by atoms with van der Waals surface area (Å²) in [5.41, 5.74) is -0.832. The van der Waals surface area contributed by atoms with Crippen molar-refractivity contribution in [3.63, 3.8) is 0 Å². The van der Waals surface area contributed by atoms with Gasteiger partial charge in [-0.15, -0.1) is 0 Å². The van der Waals surface area contributed by atoms with Crippen LogP contribution in [0.5, 0.6) is 0 Å². The number of carboxylic acids is 1. The van der Waals surface area contributed by atoms with Gasteiger partial charge in [-0.05, 0) is 33.6 Å². The van der Waals surface area contributed by atoms with Gasteiger partial charge in [0.15, 0.2) is 0 Å². The van der Waals surface area contributed by atoms with Gasteiger partial charge >= 0.3 is 12.1 Å².